The number of hydrogen-bond acceptors (Lipinski definition) is 6. The quantitative estimate of drug-likeness (QED) is 0.590. The van der Waals surface area contributed by atoms with Crippen LogP contribution in [0.2, 0.25) is 0 Å². The van der Waals surface area contributed by atoms with Crippen LogP contribution < -0.4 is 10.2 Å². The molecule has 20 heavy (non-hydrogen) atoms. The van der Waals surface area contributed by atoms with Crippen molar-refractivity contribution in [1.82, 2.24) is 10.3 Å². The van der Waals surface area contributed by atoms with Crippen LogP contribution >= 0.6 is 0 Å². The molecule has 1 aliphatic heterocycles. The number of piperazine rings is 1. The smallest absolute Gasteiger partial charge is 0.337 e. The number of amides is 1. The Morgan fingerprint density at radius 3 is 2.95 bits per heavy atom. The van der Waals surface area contributed by atoms with Crippen molar-refractivity contribution in [2.24, 2.45) is 0 Å². The lowest BCUT2D eigenvalue weighted by atomic mass is 10.2. The molecule has 1 aromatic rings. The third-order valence-corrected chi connectivity index (χ3v) is 3.06. The maximum Gasteiger partial charge on any atom is 0.337 e. The minimum absolute atomic E-state index is 0.00218. The highest BCUT2D eigenvalue weighted by atomic mass is 16.6. The summed E-state index contributed by atoms with van der Waals surface area (Å²) in [4.78, 5) is 38.1. The van der Waals surface area contributed by atoms with Gasteiger partial charge in [0, 0.05) is 25.4 Å². The number of nitrogens with zero attached hydrogens (tertiary/aromatic N) is 3. The number of aromatic carboxylic acids is 1. The van der Waals surface area contributed by atoms with E-state index in [0.717, 1.165) is 12.3 Å². The van der Waals surface area contributed by atoms with Crippen LogP contribution in [0.15, 0.2) is 12.3 Å². The van der Waals surface area contributed by atoms with Crippen LogP contribution in [0.5, 0.6) is 0 Å². The minimum atomic E-state index is -1.29. The molecule has 1 saturated heterocycles. The molecule has 1 aliphatic rings. The van der Waals surface area contributed by atoms with Crippen molar-refractivity contribution in [2.45, 2.75) is 13.0 Å². The monoisotopic (exact) mass is 280 g/mol. The lowest BCUT2D eigenvalue weighted by molar-refractivity contribution is -0.384. The summed E-state index contributed by atoms with van der Waals surface area (Å²) in [5.41, 5.74) is -0.694. The van der Waals surface area contributed by atoms with Crippen LogP contribution in [0, 0.1) is 10.1 Å². The number of aromatic nitrogens is 1. The van der Waals surface area contributed by atoms with Crippen LogP contribution in [-0.2, 0) is 4.79 Å². The SMILES string of the molecule is CC1C(=O)NCCN1c1ncc(C(=O)O)cc1[N+](=O)[O-]. The van der Waals surface area contributed by atoms with E-state index in [1.54, 1.807) is 6.92 Å². The van der Waals surface area contributed by atoms with Gasteiger partial charge in [-0.05, 0) is 6.92 Å². The molecule has 0 radical (unpaired) electrons. The van der Waals surface area contributed by atoms with E-state index in [-0.39, 0.29) is 17.3 Å². The second-order valence-corrected chi connectivity index (χ2v) is 4.29. The lowest BCUT2D eigenvalue weighted by Crippen LogP contribution is -2.54. The van der Waals surface area contributed by atoms with E-state index in [2.05, 4.69) is 10.3 Å². The number of carboxylic acids is 1. The summed E-state index contributed by atoms with van der Waals surface area (Å²) in [5, 5.41) is 22.6. The normalized spacial score (nSPS) is 18.6. The van der Waals surface area contributed by atoms with Gasteiger partial charge in [-0.15, -0.1) is 0 Å². The van der Waals surface area contributed by atoms with Gasteiger partial charge in [0.15, 0.2) is 0 Å². The van der Waals surface area contributed by atoms with Gasteiger partial charge in [0.2, 0.25) is 11.7 Å². The average Bonchev–Trinajstić information content (AvgIpc) is 2.41. The van der Waals surface area contributed by atoms with Crippen LogP contribution in [0.25, 0.3) is 0 Å². The number of nitrogens with one attached hydrogen (secondary N) is 1. The summed E-state index contributed by atoms with van der Waals surface area (Å²) >= 11 is 0. The third kappa shape index (κ3) is 2.37. The van der Waals surface area contributed by atoms with Gasteiger partial charge in [0.1, 0.15) is 6.04 Å². The highest BCUT2D eigenvalue weighted by molar-refractivity contribution is 5.90. The molecule has 0 aromatic carbocycles. The van der Waals surface area contributed by atoms with Gasteiger partial charge in [0.25, 0.3) is 0 Å². The van der Waals surface area contributed by atoms with Crippen molar-refractivity contribution >= 4 is 23.4 Å². The molecule has 2 N–H and O–H groups in total. The van der Waals surface area contributed by atoms with Crippen LogP contribution in [0.4, 0.5) is 11.5 Å². The second-order valence-electron chi connectivity index (χ2n) is 4.29. The first kappa shape index (κ1) is 13.7. The van der Waals surface area contributed by atoms with E-state index < -0.39 is 22.6 Å². The van der Waals surface area contributed by atoms with E-state index in [1.165, 1.54) is 4.90 Å². The topological polar surface area (TPSA) is 126 Å². The molecule has 9 heteroatoms. The predicted octanol–water partition coefficient (Wildman–Crippen LogP) is 0.0127. The Hall–Kier alpha value is -2.71. The van der Waals surface area contributed by atoms with Gasteiger partial charge in [0.05, 0.1) is 10.5 Å². The van der Waals surface area contributed by atoms with Gasteiger partial charge >= 0.3 is 11.7 Å². The Morgan fingerprint density at radius 2 is 2.35 bits per heavy atom. The van der Waals surface area contributed by atoms with E-state index in [4.69, 9.17) is 5.11 Å². The fraction of sp³-hybridized carbons (Fsp3) is 0.364. The number of hydrogen-bond donors (Lipinski definition) is 2. The fourth-order valence-corrected chi connectivity index (χ4v) is 1.99. The number of carbonyl (C=O) groups is 2. The first-order chi connectivity index (χ1) is 9.41. The number of pyridine rings is 1. The van der Waals surface area contributed by atoms with Crippen molar-refractivity contribution in [3.63, 3.8) is 0 Å². The van der Waals surface area contributed by atoms with Gasteiger partial charge < -0.3 is 15.3 Å². The van der Waals surface area contributed by atoms with Crippen molar-refractivity contribution in [3.05, 3.63) is 27.9 Å². The zero-order valence-electron chi connectivity index (χ0n) is 10.6. The average molecular weight is 280 g/mol. The number of nitro groups is 1. The molecule has 0 saturated carbocycles. The fourth-order valence-electron chi connectivity index (χ4n) is 1.99. The Bertz CT molecular complexity index is 588. The zero-order chi connectivity index (χ0) is 14.9. The van der Waals surface area contributed by atoms with E-state index in [9.17, 15) is 19.7 Å². The van der Waals surface area contributed by atoms with Crippen molar-refractivity contribution in [3.8, 4) is 0 Å². The molecular weight excluding hydrogens is 268 g/mol. The summed E-state index contributed by atoms with van der Waals surface area (Å²) < 4.78 is 0. The van der Waals surface area contributed by atoms with Gasteiger partial charge in [-0.25, -0.2) is 9.78 Å². The van der Waals surface area contributed by atoms with Crippen molar-refractivity contribution < 1.29 is 19.6 Å². The molecule has 106 valence electrons. The molecule has 1 fully saturated rings. The Kier molecular flexibility index (Phi) is 3.51. The van der Waals surface area contributed by atoms with E-state index >= 15 is 0 Å². The number of rotatable bonds is 3. The largest absolute Gasteiger partial charge is 0.478 e. The standard InChI is InChI=1S/C11H12N4O5/c1-6-10(16)12-2-3-14(6)9-8(15(19)20)4-7(5-13-9)11(17)18/h4-6H,2-3H2,1H3,(H,12,16)(H,17,18). The van der Waals surface area contributed by atoms with Gasteiger partial charge in [-0.2, -0.15) is 0 Å². The molecule has 1 amide bonds. The first-order valence-electron chi connectivity index (χ1n) is 5.84. The summed E-state index contributed by atoms with van der Waals surface area (Å²) in [6, 6.07) is 0.342. The van der Waals surface area contributed by atoms with Crippen molar-refractivity contribution in [2.75, 3.05) is 18.0 Å². The first-order valence-corrected chi connectivity index (χ1v) is 5.84. The molecule has 1 atom stereocenters. The molecule has 0 spiro atoms. The zero-order valence-corrected chi connectivity index (χ0v) is 10.6. The Balaban J connectivity index is 2.47. The van der Waals surface area contributed by atoms with Crippen molar-refractivity contribution in [1.29, 1.82) is 0 Å². The number of carboxylic acid groups (broad SMARTS) is 1. The molecule has 1 unspecified atom stereocenters. The Morgan fingerprint density at radius 1 is 1.65 bits per heavy atom. The number of anilines is 1. The molecule has 0 aliphatic carbocycles. The highest BCUT2D eigenvalue weighted by Crippen LogP contribution is 2.28. The molecule has 9 nitrogen and oxygen atoms in total. The minimum Gasteiger partial charge on any atom is -0.478 e. The summed E-state index contributed by atoms with van der Waals surface area (Å²) in [5.74, 6) is -1.55. The molecule has 2 rings (SSSR count). The van der Waals surface area contributed by atoms with Crippen LogP contribution in [0.1, 0.15) is 17.3 Å². The van der Waals surface area contributed by atoms with Crippen LogP contribution in [0.3, 0.4) is 0 Å². The summed E-state index contributed by atoms with van der Waals surface area (Å²) in [7, 11) is 0. The van der Waals surface area contributed by atoms with Crippen LogP contribution in [-0.4, -0.2) is 46.0 Å². The van der Waals surface area contributed by atoms with Gasteiger partial charge in [-0.1, -0.05) is 0 Å². The Labute approximate surface area is 113 Å². The lowest BCUT2D eigenvalue weighted by Gasteiger charge is -2.33. The maximum atomic E-state index is 11.6. The van der Waals surface area contributed by atoms with Gasteiger partial charge in [-0.3, -0.25) is 14.9 Å². The van der Waals surface area contributed by atoms with E-state index in [1.807, 2.05) is 0 Å². The molecule has 2 heterocycles. The predicted molar refractivity (Wildman–Crippen MR) is 67.7 cm³/mol. The highest BCUT2D eigenvalue weighted by Gasteiger charge is 2.32. The molecule has 1 aromatic heterocycles. The molecule has 0 bridgehead atoms. The second kappa shape index (κ2) is 5.11. The molecular formula is C11H12N4O5. The summed E-state index contributed by atoms with van der Waals surface area (Å²) in [6.45, 7) is 2.32. The summed E-state index contributed by atoms with van der Waals surface area (Å²) in [6.07, 6.45) is 1.05. The van der Waals surface area contributed by atoms with E-state index in [0.29, 0.717) is 13.1 Å². The third-order valence-electron chi connectivity index (χ3n) is 3.06. The number of carbonyl (C=O) groups excluding carboxylic acids is 1. The maximum absolute atomic E-state index is 11.6.